The fourth-order valence-corrected chi connectivity index (χ4v) is 3.99. The minimum absolute atomic E-state index is 0.303. The van der Waals surface area contributed by atoms with E-state index in [1.54, 1.807) is 12.1 Å². The van der Waals surface area contributed by atoms with Crippen molar-refractivity contribution < 1.29 is 9.52 Å². The van der Waals surface area contributed by atoms with Gasteiger partial charge in [0.2, 0.25) is 0 Å². The van der Waals surface area contributed by atoms with Crippen molar-refractivity contribution in [1.29, 1.82) is 0 Å². The average Bonchev–Trinajstić information content (AvgIpc) is 2.69. The molecule has 1 atom stereocenters. The maximum Gasteiger partial charge on any atom is 0.335 e. The summed E-state index contributed by atoms with van der Waals surface area (Å²) in [4.78, 5) is 10.1. The van der Waals surface area contributed by atoms with Crippen molar-refractivity contribution in [3.8, 4) is 0 Å². The quantitative estimate of drug-likeness (QED) is 0.433. The third-order valence-corrected chi connectivity index (χ3v) is 5.24. The molecular formula is C24H22O3. The summed E-state index contributed by atoms with van der Waals surface area (Å²) >= 11 is 0. The van der Waals surface area contributed by atoms with E-state index in [-0.39, 0.29) is 11.7 Å². The third-order valence-electron chi connectivity index (χ3n) is 5.24. The van der Waals surface area contributed by atoms with Gasteiger partial charge in [0.25, 0.3) is 0 Å². The molecule has 1 heterocycles. The number of hydrogen-bond acceptors (Lipinski definition) is 3. The van der Waals surface area contributed by atoms with Gasteiger partial charge in [-0.3, -0.25) is 0 Å². The molecule has 5 rings (SSSR count). The van der Waals surface area contributed by atoms with Crippen molar-refractivity contribution in [2.75, 3.05) is 0 Å². The largest absolute Gasteiger partial charge is 0.431 e. The van der Waals surface area contributed by atoms with E-state index in [1.165, 1.54) is 50.6 Å². The Kier molecular flexibility index (Phi) is 4.78. The second kappa shape index (κ2) is 7.37. The number of aliphatic hydroxyl groups excluding tert-OH is 1. The van der Waals surface area contributed by atoms with Gasteiger partial charge >= 0.3 is 5.63 Å². The molecule has 3 heteroatoms. The Morgan fingerprint density at radius 3 is 2.37 bits per heavy atom. The maximum atomic E-state index is 10.4. The molecule has 1 N–H and O–H groups in total. The molecule has 0 saturated carbocycles. The lowest BCUT2D eigenvalue weighted by molar-refractivity contribution is 0.158. The molecule has 1 unspecified atom stereocenters. The molecule has 0 bridgehead atoms. The maximum absolute atomic E-state index is 10.4. The predicted molar refractivity (Wildman–Crippen MR) is 109 cm³/mol. The second-order valence-electron chi connectivity index (χ2n) is 7.01. The van der Waals surface area contributed by atoms with Gasteiger partial charge in [-0.05, 0) is 70.5 Å². The Hall–Kier alpha value is -2.91. The molecule has 1 aromatic heterocycles. The number of hydrogen-bond donors (Lipinski definition) is 1. The van der Waals surface area contributed by atoms with Gasteiger partial charge in [-0.25, -0.2) is 4.79 Å². The van der Waals surface area contributed by atoms with Crippen LogP contribution < -0.4 is 5.63 Å². The summed E-state index contributed by atoms with van der Waals surface area (Å²) in [5.41, 5.74) is 3.48. The van der Waals surface area contributed by atoms with Crippen LogP contribution in [-0.2, 0) is 6.42 Å². The molecule has 3 aromatic carbocycles. The van der Waals surface area contributed by atoms with E-state index in [0.717, 1.165) is 19.3 Å². The van der Waals surface area contributed by atoms with Gasteiger partial charge in [-0.2, -0.15) is 0 Å². The Labute approximate surface area is 157 Å². The summed E-state index contributed by atoms with van der Waals surface area (Å²) in [6.07, 6.45) is 4.11. The van der Waals surface area contributed by atoms with Crippen LogP contribution in [-0.4, -0.2) is 5.11 Å². The Morgan fingerprint density at radius 1 is 0.926 bits per heavy atom. The zero-order valence-electron chi connectivity index (χ0n) is 15.3. The topological polar surface area (TPSA) is 50.4 Å². The van der Waals surface area contributed by atoms with Crippen LogP contribution in [0.3, 0.4) is 0 Å². The van der Waals surface area contributed by atoms with Crippen molar-refractivity contribution in [3.63, 3.8) is 0 Å². The van der Waals surface area contributed by atoms with E-state index < -0.39 is 0 Å². The summed E-state index contributed by atoms with van der Waals surface area (Å²) in [5, 5.41) is 15.5. The van der Waals surface area contributed by atoms with E-state index in [1.807, 2.05) is 0 Å². The molecule has 136 valence electrons. The van der Waals surface area contributed by atoms with Gasteiger partial charge in [-0.15, -0.1) is 0 Å². The molecule has 0 saturated heterocycles. The molecule has 0 radical (unpaired) electrons. The van der Waals surface area contributed by atoms with Gasteiger partial charge in [0.1, 0.15) is 0 Å². The number of benzene rings is 3. The smallest absolute Gasteiger partial charge is 0.335 e. The van der Waals surface area contributed by atoms with Crippen LogP contribution in [0.1, 0.15) is 35.6 Å². The SMILES string of the molecule is Cc1cc2c3c(ccc2c2ccccc12)CCCC3O.O=c1cccco1. The highest BCUT2D eigenvalue weighted by molar-refractivity contribution is 6.10. The van der Waals surface area contributed by atoms with Crippen molar-refractivity contribution in [1.82, 2.24) is 0 Å². The predicted octanol–water partition coefficient (Wildman–Crippen LogP) is 5.31. The highest BCUT2D eigenvalue weighted by Gasteiger charge is 2.21. The molecule has 1 aliphatic rings. The first-order valence-electron chi connectivity index (χ1n) is 9.31. The molecule has 27 heavy (non-hydrogen) atoms. The van der Waals surface area contributed by atoms with Crippen LogP contribution in [0.25, 0.3) is 21.5 Å². The number of fused-ring (bicyclic) bond motifs is 5. The minimum Gasteiger partial charge on any atom is -0.431 e. The van der Waals surface area contributed by atoms with Crippen LogP contribution in [0.5, 0.6) is 0 Å². The molecule has 3 nitrogen and oxygen atoms in total. The number of aryl methyl sites for hydroxylation is 2. The van der Waals surface area contributed by atoms with Crippen molar-refractivity contribution in [2.24, 2.45) is 0 Å². The summed E-state index contributed by atoms with van der Waals surface area (Å²) in [7, 11) is 0. The van der Waals surface area contributed by atoms with Crippen molar-refractivity contribution >= 4 is 21.5 Å². The van der Waals surface area contributed by atoms with Crippen LogP contribution in [0.2, 0.25) is 0 Å². The Balaban J connectivity index is 0.000000218. The second-order valence-corrected chi connectivity index (χ2v) is 7.01. The molecule has 4 aromatic rings. The van der Waals surface area contributed by atoms with E-state index in [9.17, 15) is 9.90 Å². The standard InChI is InChI=1S/C19H18O.C5H4O2/c1-12-11-17-16(15-7-3-2-6-14(12)15)10-9-13-5-4-8-18(20)19(13)17;6-5-3-1-2-4-7-5/h2-3,6-7,9-11,18,20H,4-5,8H2,1H3;1-4H. The number of rotatable bonds is 0. The van der Waals surface area contributed by atoms with E-state index >= 15 is 0 Å². The van der Waals surface area contributed by atoms with Crippen LogP contribution in [0.4, 0.5) is 0 Å². The van der Waals surface area contributed by atoms with E-state index in [0.29, 0.717) is 0 Å². The highest BCUT2D eigenvalue weighted by Crippen LogP contribution is 2.38. The minimum atomic E-state index is -0.303. The molecular weight excluding hydrogens is 336 g/mol. The highest BCUT2D eigenvalue weighted by atomic mass is 16.4. The molecule has 1 aliphatic carbocycles. The van der Waals surface area contributed by atoms with Crippen LogP contribution in [0, 0.1) is 6.92 Å². The van der Waals surface area contributed by atoms with Gasteiger partial charge in [0.15, 0.2) is 0 Å². The normalized spacial score (nSPS) is 15.9. The first-order valence-corrected chi connectivity index (χ1v) is 9.31. The van der Waals surface area contributed by atoms with Crippen LogP contribution >= 0.6 is 0 Å². The van der Waals surface area contributed by atoms with Gasteiger partial charge in [0.05, 0.1) is 12.4 Å². The lowest BCUT2D eigenvalue weighted by atomic mass is 9.84. The lowest BCUT2D eigenvalue weighted by Gasteiger charge is -2.24. The Morgan fingerprint density at radius 2 is 1.67 bits per heavy atom. The molecule has 0 fully saturated rings. The summed E-state index contributed by atoms with van der Waals surface area (Å²) in [6, 6.07) is 19.9. The molecule has 0 aliphatic heterocycles. The monoisotopic (exact) mass is 358 g/mol. The summed E-state index contributed by atoms with van der Waals surface area (Å²) in [5.74, 6) is 0. The fourth-order valence-electron chi connectivity index (χ4n) is 3.99. The van der Waals surface area contributed by atoms with E-state index in [2.05, 4.69) is 53.8 Å². The van der Waals surface area contributed by atoms with Crippen molar-refractivity contribution in [3.05, 3.63) is 94.0 Å². The Bertz CT molecular complexity index is 1140. The van der Waals surface area contributed by atoms with E-state index in [4.69, 9.17) is 0 Å². The first kappa shape index (κ1) is 17.5. The lowest BCUT2D eigenvalue weighted by Crippen LogP contribution is -2.09. The van der Waals surface area contributed by atoms with Crippen LogP contribution in [0.15, 0.2) is 76.1 Å². The van der Waals surface area contributed by atoms with Gasteiger partial charge in [-0.1, -0.05) is 48.5 Å². The molecule has 0 amide bonds. The third kappa shape index (κ3) is 3.38. The fraction of sp³-hybridized carbons (Fsp3) is 0.208. The van der Waals surface area contributed by atoms with Gasteiger partial charge in [0, 0.05) is 6.07 Å². The van der Waals surface area contributed by atoms with Crippen molar-refractivity contribution in [2.45, 2.75) is 32.3 Å². The summed E-state index contributed by atoms with van der Waals surface area (Å²) < 4.78 is 4.37. The summed E-state index contributed by atoms with van der Waals surface area (Å²) in [6.45, 7) is 2.16. The average molecular weight is 358 g/mol. The first-order chi connectivity index (χ1) is 13.1. The molecule has 0 spiro atoms. The zero-order chi connectivity index (χ0) is 18.8. The van der Waals surface area contributed by atoms with Gasteiger partial charge < -0.3 is 9.52 Å². The zero-order valence-corrected chi connectivity index (χ0v) is 15.3. The number of aliphatic hydroxyl groups is 1.